The highest BCUT2D eigenvalue weighted by atomic mass is 35.5. The molecular weight excluding hydrogens is 340 g/mol. The lowest BCUT2D eigenvalue weighted by Crippen LogP contribution is -2.26. The number of hydrogen-bond acceptors (Lipinski definition) is 3. The van der Waals surface area contributed by atoms with E-state index in [1.807, 2.05) is 18.2 Å². The molecule has 0 aliphatic heterocycles. The van der Waals surface area contributed by atoms with Crippen LogP contribution in [0.5, 0.6) is 0 Å². The lowest BCUT2D eigenvalue weighted by Gasteiger charge is -2.09. The first-order chi connectivity index (χ1) is 12.1. The van der Waals surface area contributed by atoms with Crippen molar-refractivity contribution in [2.75, 3.05) is 0 Å². The first-order valence-corrected chi connectivity index (χ1v) is 8.55. The Kier molecular flexibility index (Phi) is 3.98. The van der Waals surface area contributed by atoms with Crippen LogP contribution >= 0.6 is 11.6 Å². The first-order valence-electron chi connectivity index (χ1n) is 8.18. The molecule has 0 bridgehead atoms. The summed E-state index contributed by atoms with van der Waals surface area (Å²) in [4.78, 5) is 23.7. The van der Waals surface area contributed by atoms with E-state index in [-0.39, 0.29) is 11.8 Å². The zero-order valence-electron chi connectivity index (χ0n) is 13.3. The number of benzene rings is 2. The highest BCUT2D eigenvalue weighted by Gasteiger charge is 2.59. The van der Waals surface area contributed by atoms with Gasteiger partial charge in [-0.2, -0.15) is 0 Å². The van der Waals surface area contributed by atoms with Gasteiger partial charge < -0.3 is 5.32 Å². The van der Waals surface area contributed by atoms with Gasteiger partial charge in [-0.1, -0.05) is 29.8 Å². The molecule has 2 aliphatic rings. The van der Waals surface area contributed by atoms with Gasteiger partial charge in [-0.05, 0) is 59.2 Å². The molecule has 3 atom stereocenters. The van der Waals surface area contributed by atoms with Crippen LogP contribution < -0.4 is 10.8 Å². The van der Waals surface area contributed by atoms with Crippen molar-refractivity contribution in [1.82, 2.24) is 10.8 Å². The predicted molar refractivity (Wildman–Crippen MR) is 92.4 cm³/mol. The minimum atomic E-state index is -0.555. The molecule has 2 amide bonds. The van der Waals surface area contributed by atoms with Gasteiger partial charge in [0.15, 0.2) is 0 Å². The van der Waals surface area contributed by atoms with Crippen LogP contribution in [0, 0.1) is 11.8 Å². The number of carbonyl (C=O) groups excluding carboxylic acids is 2. The molecule has 3 unspecified atom stereocenters. The van der Waals surface area contributed by atoms with E-state index in [1.54, 1.807) is 29.7 Å². The molecule has 5 nitrogen and oxygen atoms in total. The second-order valence-corrected chi connectivity index (χ2v) is 7.05. The molecule has 1 saturated carbocycles. The van der Waals surface area contributed by atoms with Crippen molar-refractivity contribution in [3.05, 3.63) is 69.7 Å². The molecule has 4 rings (SSSR count). The Balaban J connectivity index is 1.35. The van der Waals surface area contributed by atoms with Gasteiger partial charge in [0, 0.05) is 23.0 Å². The number of hydroxylamine groups is 1. The molecule has 0 radical (unpaired) electrons. The van der Waals surface area contributed by atoms with Crippen molar-refractivity contribution in [3.63, 3.8) is 0 Å². The molecule has 0 heterocycles. The Morgan fingerprint density at radius 1 is 1.16 bits per heavy atom. The van der Waals surface area contributed by atoms with Crippen LogP contribution in [0.1, 0.15) is 33.0 Å². The van der Waals surface area contributed by atoms with Crippen LogP contribution in [0.15, 0.2) is 42.5 Å². The topological polar surface area (TPSA) is 78.4 Å². The van der Waals surface area contributed by atoms with Gasteiger partial charge in [0.1, 0.15) is 0 Å². The highest BCUT2D eigenvalue weighted by Crippen LogP contribution is 2.61. The summed E-state index contributed by atoms with van der Waals surface area (Å²) < 4.78 is 0. The standard InChI is InChI=1S/C19H17ClN2O3/c20-13-5-6-14-12(7-13)8-15-16(14)17(15)19(24)21-9-10-1-3-11(4-2-10)18(23)22-25/h1-7,15-17,25H,8-9H2,(H,21,24)(H,22,23). The molecular formula is C19H17ClN2O3. The second kappa shape index (κ2) is 6.17. The number of nitrogens with one attached hydrogen (secondary N) is 2. The second-order valence-electron chi connectivity index (χ2n) is 6.62. The average molecular weight is 357 g/mol. The molecule has 2 aromatic rings. The Morgan fingerprint density at radius 3 is 2.64 bits per heavy atom. The molecule has 0 saturated heterocycles. The summed E-state index contributed by atoms with van der Waals surface area (Å²) in [6.45, 7) is 0.420. The van der Waals surface area contributed by atoms with Crippen LogP contribution in [0.4, 0.5) is 0 Å². The lowest BCUT2D eigenvalue weighted by molar-refractivity contribution is -0.122. The van der Waals surface area contributed by atoms with E-state index in [0.29, 0.717) is 23.9 Å². The third-order valence-corrected chi connectivity index (χ3v) is 5.41. The molecule has 0 spiro atoms. The summed E-state index contributed by atoms with van der Waals surface area (Å²) in [5, 5.41) is 12.3. The van der Waals surface area contributed by atoms with Gasteiger partial charge in [0.05, 0.1) is 0 Å². The van der Waals surface area contributed by atoms with Gasteiger partial charge in [-0.25, -0.2) is 5.48 Å². The van der Waals surface area contributed by atoms with Gasteiger partial charge in [0.25, 0.3) is 5.91 Å². The summed E-state index contributed by atoms with van der Waals surface area (Å²) in [6, 6.07) is 12.7. The largest absolute Gasteiger partial charge is 0.352 e. The van der Waals surface area contributed by atoms with Gasteiger partial charge in [-0.3, -0.25) is 14.8 Å². The molecule has 128 valence electrons. The molecule has 1 fully saturated rings. The van der Waals surface area contributed by atoms with Crippen LogP contribution in [0.3, 0.4) is 0 Å². The van der Waals surface area contributed by atoms with Crippen molar-refractivity contribution < 1.29 is 14.8 Å². The van der Waals surface area contributed by atoms with E-state index in [9.17, 15) is 9.59 Å². The summed E-state index contributed by atoms with van der Waals surface area (Å²) in [6.07, 6.45) is 0.920. The Hall–Kier alpha value is -2.37. The summed E-state index contributed by atoms with van der Waals surface area (Å²) in [5.41, 5.74) is 5.39. The average Bonchev–Trinajstić information content (AvgIpc) is 3.21. The van der Waals surface area contributed by atoms with Crippen molar-refractivity contribution in [1.29, 1.82) is 0 Å². The van der Waals surface area contributed by atoms with Gasteiger partial charge in [0.2, 0.25) is 5.91 Å². The fraction of sp³-hybridized carbons (Fsp3) is 0.263. The fourth-order valence-corrected chi connectivity index (χ4v) is 4.08. The monoisotopic (exact) mass is 356 g/mol. The Morgan fingerprint density at radius 2 is 1.92 bits per heavy atom. The Labute approximate surface area is 150 Å². The van der Waals surface area contributed by atoms with E-state index < -0.39 is 5.91 Å². The van der Waals surface area contributed by atoms with E-state index in [4.69, 9.17) is 16.8 Å². The smallest absolute Gasteiger partial charge is 0.274 e. The number of rotatable bonds is 4. The Bertz CT molecular complexity index is 850. The SMILES string of the molecule is O=C(NO)c1ccc(CNC(=O)C2C3Cc4cc(Cl)ccc4C32)cc1. The van der Waals surface area contributed by atoms with Crippen molar-refractivity contribution >= 4 is 23.4 Å². The summed E-state index contributed by atoms with van der Waals surface area (Å²) in [5.74, 6) is 0.285. The first kappa shape index (κ1) is 16.1. The minimum absolute atomic E-state index is 0.0492. The highest BCUT2D eigenvalue weighted by molar-refractivity contribution is 6.30. The fourth-order valence-electron chi connectivity index (χ4n) is 3.89. The minimum Gasteiger partial charge on any atom is -0.352 e. The summed E-state index contributed by atoms with van der Waals surface area (Å²) >= 11 is 6.02. The van der Waals surface area contributed by atoms with Crippen molar-refractivity contribution in [2.24, 2.45) is 11.8 Å². The van der Waals surface area contributed by atoms with Crippen LogP contribution in [-0.4, -0.2) is 17.0 Å². The number of halogens is 1. The molecule has 2 aromatic carbocycles. The van der Waals surface area contributed by atoms with Gasteiger partial charge >= 0.3 is 0 Å². The van der Waals surface area contributed by atoms with Crippen LogP contribution in [0.25, 0.3) is 0 Å². The number of carbonyl (C=O) groups is 2. The number of fused-ring (bicyclic) bond motifs is 3. The normalized spacial score (nSPS) is 22.7. The van der Waals surface area contributed by atoms with E-state index in [0.717, 1.165) is 17.0 Å². The van der Waals surface area contributed by atoms with E-state index in [1.165, 1.54) is 11.1 Å². The zero-order chi connectivity index (χ0) is 17.6. The maximum absolute atomic E-state index is 12.5. The van der Waals surface area contributed by atoms with Gasteiger partial charge in [-0.15, -0.1) is 0 Å². The maximum Gasteiger partial charge on any atom is 0.274 e. The lowest BCUT2D eigenvalue weighted by atomic mass is 10.0. The van der Waals surface area contributed by atoms with Crippen LogP contribution in [-0.2, 0) is 17.8 Å². The molecule has 2 aliphatic carbocycles. The number of amides is 2. The third-order valence-electron chi connectivity index (χ3n) is 5.18. The quantitative estimate of drug-likeness (QED) is 0.582. The zero-order valence-corrected chi connectivity index (χ0v) is 14.1. The number of hydrogen-bond donors (Lipinski definition) is 3. The molecule has 3 N–H and O–H groups in total. The molecule has 6 heteroatoms. The van der Waals surface area contributed by atoms with Crippen molar-refractivity contribution in [2.45, 2.75) is 18.9 Å². The maximum atomic E-state index is 12.5. The summed E-state index contributed by atoms with van der Waals surface area (Å²) in [7, 11) is 0. The van der Waals surface area contributed by atoms with Crippen LogP contribution in [0.2, 0.25) is 5.02 Å². The molecule has 25 heavy (non-hydrogen) atoms. The third kappa shape index (κ3) is 2.90. The van der Waals surface area contributed by atoms with E-state index >= 15 is 0 Å². The molecule has 0 aromatic heterocycles. The van der Waals surface area contributed by atoms with Crippen molar-refractivity contribution in [3.8, 4) is 0 Å². The predicted octanol–water partition coefficient (Wildman–Crippen LogP) is 2.66. The van der Waals surface area contributed by atoms with E-state index in [2.05, 4.69) is 5.32 Å².